The minimum Gasteiger partial charge on any atom is -0.241 e. The molecule has 1 rings (SSSR count). The molecule has 0 aliphatic rings. The lowest BCUT2D eigenvalue weighted by Gasteiger charge is -2.15. The second-order valence-electron chi connectivity index (χ2n) is 4.49. The van der Waals surface area contributed by atoms with E-state index in [1.165, 1.54) is 5.56 Å². The highest BCUT2D eigenvalue weighted by Crippen LogP contribution is 2.23. The maximum Gasteiger partial charge on any atom is 0.112 e. The molecule has 0 spiro atoms. The Morgan fingerprint density at radius 1 is 1.29 bits per heavy atom. The van der Waals surface area contributed by atoms with Crippen molar-refractivity contribution in [3.05, 3.63) is 29.8 Å². The van der Waals surface area contributed by atoms with Crippen LogP contribution in [0.25, 0.3) is 0 Å². The number of halogens is 1. The van der Waals surface area contributed by atoms with Crippen LogP contribution in [-0.4, -0.2) is 5.17 Å². The molecule has 0 amide bonds. The standard InChI is InChI=1S/C12H16ClN/c1-9-6-5-7-10(8-9)14-11(13)12(2,3)4/h5-8H,1-4H3. The van der Waals surface area contributed by atoms with Gasteiger partial charge < -0.3 is 0 Å². The van der Waals surface area contributed by atoms with Gasteiger partial charge in [-0.1, -0.05) is 44.5 Å². The van der Waals surface area contributed by atoms with Crippen molar-refractivity contribution in [2.75, 3.05) is 0 Å². The monoisotopic (exact) mass is 209 g/mol. The van der Waals surface area contributed by atoms with Crippen molar-refractivity contribution in [2.45, 2.75) is 27.7 Å². The zero-order valence-corrected chi connectivity index (χ0v) is 9.89. The first-order valence-electron chi connectivity index (χ1n) is 4.71. The second kappa shape index (κ2) is 4.14. The fourth-order valence-electron chi connectivity index (χ4n) is 0.979. The number of aliphatic imine (C=N–C) groups is 1. The fraction of sp³-hybridized carbons (Fsp3) is 0.417. The van der Waals surface area contributed by atoms with Crippen molar-refractivity contribution >= 4 is 22.5 Å². The molecule has 2 heteroatoms. The molecule has 1 aromatic rings. The third-order valence-electron chi connectivity index (χ3n) is 1.85. The van der Waals surface area contributed by atoms with Crippen LogP contribution in [0.5, 0.6) is 0 Å². The van der Waals surface area contributed by atoms with Crippen LogP contribution >= 0.6 is 11.6 Å². The van der Waals surface area contributed by atoms with E-state index in [0.717, 1.165) is 5.69 Å². The highest BCUT2D eigenvalue weighted by Gasteiger charge is 2.16. The summed E-state index contributed by atoms with van der Waals surface area (Å²) in [5.41, 5.74) is 2.04. The van der Waals surface area contributed by atoms with E-state index in [1.807, 2.05) is 31.2 Å². The summed E-state index contributed by atoms with van der Waals surface area (Å²) in [6.07, 6.45) is 0. The van der Waals surface area contributed by atoms with Gasteiger partial charge in [-0.3, -0.25) is 0 Å². The Labute approximate surface area is 90.8 Å². The van der Waals surface area contributed by atoms with Gasteiger partial charge in [0.1, 0.15) is 5.17 Å². The molecule has 0 N–H and O–H groups in total. The number of rotatable bonds is 1. The highest BCUT2D eigenvalue weighted by molar-refractivity contribution is 6.66. The second-order valence-corrected chi connectivity index (χ2v) is 4.85. The van der Waals surface area contributed by atoms with Crippen molar-refractivity contribution < 1.29 is 0 Å². The van der Waals surface area contributed by atoms with Crippen LogP contribution in [0.4, 0.5) is 5.69 Å². The van der Waals surface area contributed by atoms with Gasteiger partial charge in [0.2, 0.25) is 0 Å². The Bertz CT molecular complexity index is 348. The molecule has 0 aliphatic heterocycles. The third kappa shape index (κ3) is 3.15. The first kappa shape index (κ1) is 11.3. The van der Waals surface area contributed by atoms with Crippen LogP contribution in [0, 0.1) is 12.3 Å². The molecule has 0 saturated carbocycles. The van der Waals surface area contributed by atoms with E-state index in [0.29, 0.717) is 5.17 Å². The van der Waals surface area contributed by atoms with Gasteiger partial charge in [0, 0.05) is 5.41 Å². The van der Waals surface area contributed by atoms with Gasteiger partial charge in [0.15, 0.2) is 0 Å². The van der Waals surface area contributed by atoms with E-state index in [4.69, 9.17) is 11.6 Å². The molecule has 0 radical (unpaired) electrons. The van der Waals surface area contributed by atoms with Gasteiger partial charge in [0.05, 0.1) is 5.69 Å². The summed E-state index contributed by atoms with van der Waals surface area (Å²) in [5.74, 6) is 0. The number of nitrogens with zero attached hydrogens (tertiary/aromatic N) is 1. The predicted molar refractivity (Wildman–Crippen MR) is 63.6 cm³/mol. The van der Waals surface area contributed by atoms with Crippen molar-refractivity contribution in [3.63, 3.8) is 0 Å². The minimum atomic E-state index is -0.0781. The quantitative estimate of drug-likeness (QED) is 0.612. The van der Waals surface area contributed by atoms with Crippen LogP contribution in [0.2, 0.25) is 0 Å². The van der Waals surface area contributed by atoms with Crippen molar-refractivity contribution in [2.24, 2.45) is 10.4 Å². The molecular weight excluding hydrogens is 194 g/mol. The molecule has 0 fully saturated rings. The van der Waals surface area contributed by atoms with Gasteiger partial charge >= 0.3 is 0 Å². The van der Waals surface area contributed by atoms with Gasteiger partial charge in [-0.25, -0.2) is 4.99 Å². The molecule has 1 nitrogen and oxygen atoms in total. The first-order valence-corrected chi connectivity index (χ1v) is 5.09. The molecule has 0 aliphatic carbocycles. The van der Waals surface area contributed by atoms with Crippen molar-refractivity contribution in [3.8, 4) is 0 Å². The summed E-state index contributed by atoms with van der Waals surface area (Å²) >= 11 is 6.09. The van der Waals surface area contributed by atoms with Crippen molar-refractivity contribution in [1.29, 1.82) is 0 Å². The highest BCUT2D eigenvalue weighted by atomic mass is 35.5. The molecule has 14 heavy (non-hydrogen) atoms. The first-order chi connectivity index (χ1) is 6.39. The molecule has 1 aromatic carbocycles. The third-order valence-corrected chi connectivity index (χ3v) is 2.50. The minimum absolute atomic E-state index is 0.0781. The van der Waals surface area contributed by atoms with Crippen LogP contribution in [0.3, 0.4) is 0 Å². The summed E-state index contributed by atoms with van der Waals surface area (Å²) in [6.45, 7) is 8.20. The Balaban J connectivity index is 2.98. The van der Waals surface area contributed by atoms with Gasteiger partial charge in [-0.15, -0.1) is 0 Å². The predicted octanol–water partition coefficient (Wildman–Crippen LogP) is 4.31. The normalized spacial score (nSPS) is 13.1. The molecule has 0 saturated heterocycles. The lowest BCUT2D eigenvalue weighted by atomic mass is 9.99. The van der Waals surface area contributed by atoms with E-state index in [-0.39, 0.29) is 5.41 Å². The van der Waals surface area contributed by atoms with Gasteiger partial charge in [-0.05, 0) is 24.6 Å². The lowest BCUT2D eigenvalue weighted by molar-refractivity contribution is 0.601. The Hall–Kier alpha value is -0.820. The van der Waals surface area contributed by atoms with E-state index in [1.54, 1.807) is 0 Å². The van der Waals surface area contributed by atoms with Gasteiger partial charge in [0.25, 0.3) is 0 Å². The average Bonchev–Trinajstić information content (AvgIpc) is 2.02. The topological polar surface area (TPSA) is 12.4 Å². The largest absolute Gasteiger partial charge is 0.241 e. The summed E-state index contributed by atoms with van der Waals surface area (Å²) in [4.78, 5) is 4.37. The molecule has 0 heterocycles. The molecule has 0 bridgehead atoms. The maximum atomic E-state index is 6.09. The van der Waals surface area contributed by atoms with Crippen LogP contribution in [-0.2, 0) is 0 Å². The number of hydrogen-bond acceptors (Lipinski definition) is 1. The Morgan fingerprint density at radius 3 is 2.43 bits per heavy atom. The van der Waals surface area contributed by atoms with Crippen molar-refractivity contribution in [1.82, 2.24) is 0 Å². The van der Waals surface area contributed by atoms with Crippen LogP contribution in [0.15, 0.2) is 29.3 Å². The zero-order chi connectivity index (χ0) is 10.8. The lowest BCUT2D eigenvalue weighted by Crippen LogP contribution is -2.13. The Morgan fingerprint density at radius 2 is 1.93 bits per heavy atom. The number of hydrogen-bond donors (Lipinski definition) is 0. The smallest absolute Gasteiger partial charge is 0.112 e. The molecular formula is C12H16ClN. The summed E-state index contributed by atoms with van der Waals surface area (Å²) < 4.78 is 0. The summed E-state index contributed by atoms with van der Waals surface area (Å²) in [7, 11) is 0. The SMILES string of the molecule is Cc1cccc(N=C(Cl)C(C)(C)C)c1. The molecule has 76 valence electrons. The molecule has 0 atom stereocenters. The number of benzene rings is 1. The van der Waals surface area contributed by atoms with E-state index < -0.39 is 0 Å². The number of aryl methyl sites for hydroxylation is 1. The average molecular weight is 210 g/mol. The summed E-state index contributed by atoms with van der Waals surface area (Å²) in [5, 5.41) is 0.642. The zero-order valence-electron chi connectivity index (χ0n) is 9.13. The van der Waals surface area contributed by atoms with E-state index in [2.05, 4.69) is 25.8 Å². The Kier molecular flexibility index (Phi) is 3.33. The van der Waals surface area contributed by atoms with E-state index in [9.17, 15) is 0 Å². The summed E-state index contributed by atoms with van der Waals surface area (Å²) in [6, 6.07) is 8.01. The fourth-order valence-corrected chi connectivity index (χ4v) is 1.08. The van der Waals surface area contributed by atoms with Crippen LogP contribution < -0.4 is 0 Å². The van der Waals surface area contributed by atoms with Crippen LogP contribution in [0.1, 0.15) is 26.3 Å². The van der Waals surface area contributed by atoms with Gasteiger partial charge in [-0.2, -0.15) is 0 Å². The maximum absolute atomic E-state index is 6.09. The van der Waals surface area contributed by atoms with E-state index >= 15 is 0 Å². The molecule has 0 aromatic heterocycles. The molecule has 0 unspecified atom stereocenters.